The molecule has 0 atom stereocenters. The molecule has 0 aromatic rings. The Bertz CT molecular complexity index is 202. The molecule has 0 amide bonds. The van der Waals surface area contributed by atoms with Crippen molar-refractivity contribution in [1.29, 1.82) is 0 Å². The zero-order valence-electron chi connectivity index (χ0n) is 11.8. The minimum atomic E-state index is -0.0231. The van der Waals surface area contributed by atoms with Gasteiger partial charge in [0.15, 0.2) is 0 Å². The van der Waals surface area contributed by atoms with E-state index in [-0.39, 0.29) is 30.7 Å². The number of hydrogen-bond acceptors (Lipinski definition) is 2. The van der Waals surface area contributed by atoms with Gasteiger partial charge in [-0.15, -0.1) is 0 Å². The van der Waals surface area contributed by atoms with Crippen LogP contribution in [0.2, 0.25) is 0 Å². The van der Waals surface area contributed by atoms with Crippen molar-refractivity contribution in [2.24, 2.45) is 5.92 Å². The summed E-state index contributed by atoms with van der Waals surface area (Å²) in [4.78, 5) is 11.3. The molecule has 0 N–H and O–H groups in total. The number of ether oxygens (including phenoxy) is 1. The van der Waals surface area contributed by atoms with Gasteiger partial charge in [0.25, 0.3) is 0 Å². The summed E-state index contributed by atoms with van der Waals surface area (Å²) in [6.45, 7) is 12.0. The number of rotatable bonds is 3. The molecule has 1 aliphatic rings. The van der Waals surface area contributed by atoms with Gasteiger partial charge >= 0.3 is 24.8 Å². The molecular formula is C14H25LiO2. The third kappa shape index (κ3) is 9.50. The average Bonchev–Trinajstić information content (AvgIpc) is 2.30. The molecule has 1 rings (SSSR count). The molecule has 0 spiro atoms. The van der Waals surface area contributed by atoms with E-state index < -0.39 is 0 Å². The Balaban J connectivity index is 0. The van der Waals surface area contributed by atoms with E-state index in [9.17, 15) is 4.79 Å². The van der Waals surface area contributed by atoms with Crippen LogP contribution in [-0.2, 0) is 9.53 Å². The fraction of sp³-hybridized carbons (Fsp3) is 0.714. The van der Waals surface area contributed by atoms with E-state index in [4.69, 9.17) is 4.74 Å². The van der Waals surface area contributed by atoms with Crippen molar-refractivity contribution in [1.82, 2.24) is 0 Å². The summed E-state index contributed by atoms with van der Waals surface area (Å²) in [7, 11) is 0. The molecule has 0 aromatic heterocycles. The van der Waals surface area contributed by atoms with E-state index in [2.05, 4.69) is 20.4 Å². The molecule has 3 heteroatoms. The van der Waals surface area contributed by atoms with Crippen LogP contribution in [0.5, 0.6) is 0 Å². The number of esters is 1. The molecule has 0 aliphatic heterocycles. The minimum Gasteiger partial charge on any atom is -0.466 e. The first-order valence-electron chi connectivity index (χ1n) is 6.28. The first kappa shape index (κ1) is 19.2. The smallest absolute Gasteiger partial charge is 0.466 e. The van der Waals surface area contributed by atoms with E-state index in [0.29, 0.717) is 6.61 Å². The number of carbonyl (C=O) groups excluding carboxylic acids is 1. The quantitative estimate of drug-likeness (QED) is 0.313. The van der Waals surface area contributed by atoms with Crippen molar-refractivity contribution in [3.63, 3.8) is 0 Å². The Morgan fingerprint density at radius 2 is 1.88 bits per heavy atom. The molecule has 0 aromatic carbocycles. The normalized spacial score (nSPS) is 15.4. The number of unbranched alkanes of at least 4 members (excludes halogenated alkanes) is 1. The van der Waals surface area contributed by atoms with Crippen molar-refractivity contribution in [3.8, 4) is 0 Å². The van der Waals surface area contributed by atoms with Crippen LogP contribution in [0.15, 0.2) is 12.2 Å². The van der Waals surface area contributed by atoms with Gasteiger partial charge in [-0.1, -0.05) is 25.5 Å². The Morgan fingerprint density at radius 1 is 1.41 bits per heavy atom. The van der Waals surface area contributed by atoms with Crippen LogP contribution in [0, 0.1) is 12.8 Å². The maximum Gasteiger partial charge on any atom is 1.00 e. The molecule has 0 heterocycles. The molecule has 0 saturated heterocycles. The fourth-order valence-electron chi connectivity index (χ4n) is 1.52. The molecule has 1 aliphatic carbocycles. The maximum atomic E-state index is 11.3. The van der Waals surface area contributed by atoms with E-state index in [0.717, 1.165) is 32.1 Å². The first-order chi connectivity index (χ1) is 7.65. The summed E-state index contributed by atoms with van der Waals surface area (Å²) in [6, 6.07) is 0. The summed E-state index contributed by atoms with van der Waals surface area (Å²) >= 11 is 0. The van der Waals surface area contributed by atoms with Gasteiger partial charge in [0.05, 0.1) is 12.5 Å². The minimum absolute atomic E-state index is 0. The third-order valence-corrected chi connectivity index (χ3v) is 2.67. The molecule has 0 unspecified atom stereocenters. The molecule has 0 radical (unpaired) electrons. The van der Waals surface area contributed by atoms with Crippen LogP contribution in [0.4, 0.5) is 0 Å². The molecule has 94 valence electrons. The Hall–Kier alpha value is -0.193. The summed E-state index contributed by atoms with van der Waals surface area (Å²) in [5.41, 5.74) is 1.27. The molecular weight excluding hydrogens is 207 g/mol. The molecule has 1 fully saturated rings. The van der Waals surface area contributed by atoms with E-state index in [1.165, 1.54) is 12.0 Å². The van der Waals surface area contributed by atoms with Gasteiger partial charge in [-0.25, -0.2) is 0 Å². The predicted molar refractivity (Wildman–Crippen MR) is 68.0 cm³/mol. The van der Waals surface area contributed by atoms with Crippen LogP contribution in [0.3, 0.4) is 0 Å². The fourth-order valence-corrected chi connectivity index (χ4v) is 1.52. The second-order valence-corrected chi connectivity index (χ2v) is 4.13. The van der Waals surface area contributed by atoms with Crippen LogP contribution in [-0.4, -0.2) is 12.6 Å². The molecule has 0 bridgehead atoms. The van der Waals surface area contributed by atoms with Gasteiger partial charge in [-0.05, 0) is 32.6 Å². The zero-order valence-corrected chi connectivity index (χ0v) is 11.8. The van der Waals surface area contributed by atoms with Gasteiger partial charge in [-0.3, -0.25) is 4.79 Å². The average molecular weight is 232 g/mol. The van der Waals surface area contributed by atoms with Gasteiger partial charge in [-0.2, -0.15) is 6.42 Å². The molecule has 1 saturated carbocycles. The second-order valence-electron chi connectivity index (χ2n) is 4.13. The third-order valence-electron chi connectivity index (χ3n) is 2.67. The van der Waals surface area contributed by atoms with Crippen LogP contribution in [0.1, 0.15) is 52.4 Å². The van der Waals surface area contributed by atoms with Gasteiger partial charge in [0.1, 0.15) is 0 Å². The topological polar surface area (TPSA) is 26.3 Å². The number of carbonyl (C=O) groups is 1. The Kier molecular flexibility index (Phi) is 13.8. The number of allylic oxidation sites excluding steroid dienone is 1. The van der Waals surface area contributed by atoms with Crippen LogP contribution < -0.4 is 18.9 Å². The predicted octanol–water partition coefficient (Wildman–Crippen LogP) is 0.920. The molecule has 17 heavy (non-hydrogen) atoms. The monoisotopic (exact) mass is 232 g/mol. The summed E-state index contributed by atoms with van der Waals surface area (Å²) in [6.07, 6.45) is 6.11. The maximum absolute atomic E-state index is 11.3. The van der Waals surface area contributed by atoms with Gasteiger partial charge < -0.3 is 11.7 Å². The van der Waals surface area contributed by atoms with Crippen molar-refractivity contribution < 1.29 is 28.4 Å². The Morgan fingerprint density at radius 3 is 2.24 bits per heavy atom. The summed E-state index contributed by atoms with van der Waals surface area (Å²) in [5, 5.41) is 0. The van der Waals surface area contributed by atoms with Crippen LogP contribution in [0.25, 0.3) is 0 Å². The van der Waals surface area contributed by atoms with Crippen molar-refractivity contribution in [2.75, 3.05) is 6.61 Å². The van der Waals surface area contributed by atoms with E-state index >= 15 is 0 Å². The van der Waals surface area contributed by atoms with Crippen molar-refractivity contribution in [3.05, 3.63) is 19.1 Å². The largest absolute Gasteiger partial charge is 1.00 e. The first-order valence-corrected chi connectivity index (χ1v) is 6.28. The number of hydrogen-bond donors (Lipinski definition) is 0. The SMILES string of the molecule is C=C1CCC(C(=O)OCC)CC1.[CH2-]CCC.[Li+]. The zero-order chi connectivity index (χ0) is 12.4. The standard InChI is InChI=1S/C10H16O2.C4H9.Li/c1-3-12-10(11)9-6-4-8(2)5-7-9;1-3-4-2;/h9H,2-7H2,1H3;1,3-4H2,2H3;/q;-1;+1. The Labute approximate surface area is 118 Å². The summed E-state index contributed by atoms with van der Waals surface area (Å²) in [5.74, 6) is 0.112. The van der Waals surface area contributed by atoms with Gasteiger partial charge in [0.2, 0.25) is 0 Å². The van der Waals surface area contributed by atoms with Gasteiger partial charge in [0, 0.05) is 0 Å². The van der Waals surface area contributed by atoms with Crippen molar-refractivity contribution >= 4 is 5.97 Å². The van der Waals surface area contributed by atoms with Crippen LogP contribution >= 0.6 is 0 Å². The van der Waals surface area contributed by atoms with E-state index in [1.54, 1.807) is 0 Å². The van der Waals surface area contributed by atoms with Crippen molar-refractivity contribution in [2.45, 2.75) is 52.4 Å². The van der Waals surface area contributed by atoms with E-state index in [1.807, 2.05) is 6.92 Å². The summed E-state index contributed by atoms with van der Waals surface area (Å²) < 4.78 is 4.95. The second kappa shape index (κ2) is 12.3. The molecule has 2 nitrogen and oxygen atoms in total.